The quantitative estimate of drug-likeness (QED) is 0.355. The molecular formula is C11H21NO4P+. The third-order valence-corrected chi connectivity index (χ3v) is 2.89. The lowest BCUT2D eigenvalue weighted by atomic mass is 10.3. The van der Waals surface area contributed by atoms with E-state index in [0.717, 1.165) is 0 Å². The summed E-state index contributed by atoms with van der Waals surface area (Å²) in [6.45, 7) is 13.5. The lowest BCUT2D eigenvalue weighted by Crippen LogP contribution is -2.50. The third-order valence-electron chi connectivity index (χ3n) is 2.37. The first-order valence-electron chi connectivity index (χ1n) is 5.27. The lowest BCUT2D eigenvalue weighted by Gasteiger charge is -2.35. The van der Waals surface area contributed by atoms with Crippen molar-refractivity contribution in [1.29, 1.82) is 0 Å². The summed E-state index contributed by atoms with van der Waals surface area (Å²) in [6.07, 6.45) is 5.31. The van der Waals surface area contributed by atoms with E-state index in [1.165, 1.54) is 0 Å². The number of quaternary nitrogens is 1. The van der Waals surface area contributed by atoms with E-state index >= 15 is 0 Å². The fourth-order valence-corrected chi connectivity index (χ4v) is 1.99. The number of phosphoric acid groups is 1. The Hall–Kier alpha value is -0.710. The SMILES string of the molecule is C=CC[N+](CC=C)(CC=C)CCOP(=O)(O)O. The molecule has 0 unspecified atom stereocenters. The van der Waals surface area contributed by atoms with Gasteiger partial charge in [-0.25, -0.2) is 4.57 Å². The molecule has 0 fully saturated rings. The summed E-state index contributed by atoms with van der Waals surface area (Å²) in [7, 11) is -4.40. The molecule has 0 aromatic heterocycles. The summed E-state index contributed by atoms with van der Waals surface area (Å²) in [5.74, 6) is 0. The summed E-state index contributed by atoms with van der Waals surface area (Å²) in [6, 6.07) is 0. The molecule has 0 aliphatic carbocycles. The van der Waals surface area contributed by atoms with Crippen LogP contribution in [0.1, 0.15) is 0 Å². The van der Waals surface area contributed by atoms with Crippen molar-refractivity contribution in [3.05, 3.63) is 38.0 Å². The van der Waals surface area contributed by atoms with E-state index in [1.807, 2.05) is 0 Å². The summed E-state index contributed by atoms with van der Waals surface area (Å²) in [4.78, 5) is 17.3. The predicted octanol–water partition coefficient (Wildman–Crippen LogP) is 1.47. The van der Waals surface area contributed by atoms with Gasteiger partial charge in [0.25, 0.3) is 0 Å². The maximum Gasteiger partial charge on any atom is 0.469 e. The Morgan fingerprint density at radius 2 is 1.47 bits per heavy atom. The van der Waals surface area contributed by atoms with Crippen LogP contribution >= 0.6 is 7.82 Å². The van der Waals surface area contributed by atoms with Gasteiger partial charge >= 0.3 is 7.82 Å². The molecule has 0 aromatic rings. The van der Waals surface area contributed by atoms with Crippen molar-refractivity contribution in [3.8, 4) is 0 Å². The lowest BCUT2D eigenvalue weighted by molar-refractivity contribution is -0.911. The molecule has 0 rings (SSSR count). The second-order valence-corrected chi connectivity index (χ2v) is 5.04. The third kappa shape index (κ3) is 7.26. The minimum Gasteiger partial charge on any atom is -0.312 e. The highest BCUT2D eigenvalue weighted by atomic mass is 31.2. The Morgan fingerprint density at radius 3 is 1.76 bits per heavy atom. The van der Waals surface area contributed by atoms with Gasteiger partial charge < -0.3 is 14.3 Å². The molecule has 0 aromatic carbocycles. The zero-order valence-electron chi connectivity index (χ0n) is 9.99. The van der Waals surface area contributed by atoms with Gasteiger partial charge in [-0.2, -0.15) is 0 Å². The molecule has 0 amide bonds. The summed E-state index contributed by atoms with van der Waals surface area (Å²) >= 11 is 0. The van der Waals surface area contributed by atoms with E-state index in [9.17, 15) is 4.57 Å². The zero-order chi connectivity index (χ0) is 13.4. The van der Waals surface area contributed by atoms with Gasteiger partial charge in [0.15, 0.2) is 0 Å². The van der Waals surface area contributed by atoms with Crippen LogP contribution in [0.5, 0.6) is 0 Å². The molecule has 17 heavy (non-hydrogen) atoms. The Bertz CT molecular complexity index is 284. The molecule has 6 heteroatoms. The van der Waals surface area contributed by atoms with E-state index < -0.39 is 7.82 Å². The van der Waals surface area contributed by atoms with Crippen molar-refractivity contribution >= 4 is 7.82 Å². The maximum absolute atomic E-state index is 10.6. The Morgan fingerprint density at radius 1 is 1.06 bits per heavy atom. The molecule has 0 saturated carbocycles. The van der Waals surface area contributed by atoms with E-state index in [2.05, 4.69) is 24.3 Å². The van der Waals surface area contributed by atoms with Crippen LogP contribution in [0.4, 0.5) is 0 Å². The van der Waals surface area contributed by atoms with Gasteiger partial charge in [-0.05, 0) is 18.2 Å². The Kier molecular flexibility index (Phi) is 7.27. The van der Waals surface area contributed by atoms with Gasteiger partial charge in [0.2, 0.25) is 0 Å². The van der Waals surface area contributed by atoms with Gasteiger partial charge in [0.1, 0.15) is 13.2 Å². The first-order chi connectivity index (χ1) is 7.89. The minimum absolute atomic E-state index is 0.0141. The zero-order valence-corrected chi connectivity index (χ0v) is 10.9. The van der Waals surface area contributed by atoms with E-state index in [-0.39, 0.29) is 6.61 Å². The van der Waals surface area contributed by atoms with Gasteiger partial charge in [-0.15, -0.1) is 0 Å². The van der Waals surface area contributed by atoms with Crippen LogP contribution in [-0.2, 0) is 9.09 Å². The smallest absolute Gasteiger partial charge is 0.312 e. The van der Waals surface area contributed by atoms with Crippen molar-refractivity contribution < 1.29 is 23.4 Å². The molecule has 2 N–H and O–H groups in total. The average Bonchev–Trinajstić information content (AvgIpc) is 2.16. The van der Waals surface area contributed by atoms with Crippen LogP contribution in [0.3, 0.4) is 0 Å². The van der Waals surface area contributed by atoms with E-state index in [1.54, 1.807) is 18.2 Å². The topological polar surface area (TPSA) is 66.8 Å². The Labute approximate surface area is 103 Å². The molecule has 0 atom stereocenters. The first-order valence-corrected chi connectivity index (χ1v) is 6.80. The maximum atomic E-state index is 10.6. The highest BCUT2D eigenvalue weighted by molar-refractivity contribution is 7.46. The van der Waals surface area contributed by atoms with Crippen LogP contribution in [0.2, 0.25) is 0 Å². The second-order valence-electron chi connectivity index (χ2n) is 3.80. The molecule has 98 valence electrons. The van der Waals surface area contributed by atoms with Crippen molar-refractivity contribution in [3.63, 3.8) is 0 Å². The fourth-order valence-electron chi connectivity index (χ4n) is 1.67. The van der Waals surface area contributed by atoms with E-state index in [0.29, 0.717) is 30.7 Å². The molecular weight excluding hydrogens is 241 g/mol. The number of rotatable bonds is 10. The average molecular weight is 262 g/mol. The molecule has 0 aliphatic rings. The van der Waals surface area contributed by atoms with Gasteiger partial charge in [-0.1, -0.05) is 19.7 Å². The first kappa shape index (κ1) is 16.3. The van der Waals surface area contributed by atoms with Crippen molar-refractivity contribution in [2.75, 3.05) is 32.8 Å². The van der Waals surface area contributed by atoms with Crippen LogP contribution in [-0.4, -0.2) is 47.1 Å². The molecule has 5 nitrogen and oxygen atoms in total. The fraction of sp³-hybridized carbons (Fsp3) is 0.455. The summed E-state index contributed by atoms with van der Waals surface area (Å²) in [5.41, 5.74) is 0. The van der Waals surface area contributed by atoms with Crippen LogP contribution in [0.25, 0.3) is 0 Å². The highest BCUT2D eigenvalue weighted by Crippen LogP contribution is 2.35. The van der Waals surface area contributed by atoms with Crippen LogP contribution in [0.15, 0.2) is 38.0 Å². The Balaban J connectivity index is 4.53. The van der Waals surface area contributed by atoms with Crippen molar-refractivity contribution in [2.45, 2.75) is 0 Å². The molecule has 0 aliphatic heterocycles. The summed E-state index contributed by atoms with van der Waals surface area (Å²) in [5, 5.41) is 0. The van der Waals surface area contributed by atoms with Crippen LogP contribution < -0.4 is 0 Å². The molecule has 0 spiro atoms. The van der Waals surface area contributed by atoms with Crippen LogP contribution in [0, 0.1) is 0 Å². The van der Waals surface area contributed by atoms with Crippen molar-refractivity contribution in [1.82, 2.24) is 0 Å². The standard InChI is InChI=1S/C11H20NO4P/c1-4-7-12(8-5-2,9-6-3)10-11-16-17(13,14)15/h4-6H,1-3,7-11H2,(H-,13,14,15)/p+1. The van der Waals surface area contributed by atoms with E-state index in [4.69, 9.17) is 9.79 Å². The molecule has 0 saturated heterocycles. The molecule has 0 radical (unpaired) electrons. The number of hydrogen-bond acceptors (Lipinski definition) is 2. The normalized spacial score (nSPS) is 12.1. The van der Waals surface area contributed by atoms with Crippen molar-refractivity contribution in [2.24, 2.45) is 0 Å². The monoisotopic (exact) mass is 262 g/mol. The molecule has 0 heterocycles. The second kappa shape index (κ2) is 7.58. The highest BCUT2D eigenvalue weighted by Gasteiger charge is 2.24. The van der Waals surface area contributed by atoms with Gasteiger partial charge in [0.05, 0.1) is 19.6 Å². The van der Waals surface area contributed by atoms with Gasteiger partial charge in [0, 0.05) is 0 Å². The molecule has 0 bridgehead atoms. The minimum atomic E-state index is -4.40. The number of phosphoric ester groups is 1. The summed E-state index contributed by atoms with van der Waals surface area (Å²) < 4.78 is 15.6. The number of hydrogen-bond donors (Lipinski definition) is 2. The van der Waals surface area contributed by atoms with Gasteiger partial charge in [-0.3, -0.25) is 4.52 Å². The number of nitrogens with zero attached hydrogens (tertiary/aromatic N) is 1. The largest absolute Gasteiger partial charge is 0.469 e. The predicted molar refractivity (Wildman–Crippen MR) is 68.3 cm³/mol.